The minimum absolute atomic E-state index is 0.0947. The Labute approximate surface area is 417 Å². The first-order valence-corrected chi connectivity index (χ1v) is 25.0. The number of aryl methyl sites for hydroxylation is 2. The van der Waals surface area contributed by atoms with E-state index in [0.717, 1.165) is 105 Å². The molecule has 1 saturated heterocycles. The highest BCUT2D eigenvalue weighted by molar-refractivity contribution is 5.30. The normalized spacial score (nSPS) is 18.6. The third kappa shape index (κ3) is 17.3. The van der Waals surface area contributed by atoms with Gasteiger partial charge < -0.3 is 53.2 Å². The first kappa shape index (κ1) is 55.2. The number of anilines is 1. The second-order valence-corrected chi connectivity index (χ2v) is 18.8. The molecule has 0 radical (unpaired) electrons. The van der Waals surface area contributed by atoms with Crippen molar-refractivity contribution < 1.29 is 0 Å². The van der Waals surface area contributed by atoms with E-state index in [1.807, 2.05) is 75.0 Å². The van der Waals surface area contributed by atoms with E-state index in [2.05, 4.69) is 78.8 Å². The van der Waals surface area contributed by atoms with Crippen LogP contribution in [0.3, 0.4) is 0 Å². The average molecular weight is 964 g/mol. The maximum atomic E-state index is 6.53. The number of piperidine rings is 1. The van der Waals surface area contributed by atoms with Gasteiger partial charge in [-0.15, -0.1) is 0 Å². The lowest BCUT2D eigenvalue weighted by atomic mass is 9.90. The van der Waals surface area contributed by atoms with Crippen LogP contribution < -0.4 is 61.5 Å². The Hall–Kier alpha value is -5.77. The standard InChI is InChI=1S/C22H34N8.C19H26N6.C10H25N5/c1-29(20-6-2-4-17-5-3-9-25-21(17)20)15-18(23)19(28-24)14-16-7-12-30(13-8-16)22-26-10-11-27-22;20-17(13-24(21)12-15-6-2-1-3-7-15)14-25(22)18-10-4-8-16-9-5-11-23-19(16)18;1-5-15(12)7-10(11)6-14-9(3)8(2)13-4/h3,5,9-11,16,20,28H,2,4,6-8,12-15,23-24H2,1H3,(H,26,27);1-3,5-7,9,11,13,18H,4,8,10,12,14,20-22H2;7-9,13-14H,5-6,11-12H2,1-4H3/b19-18-;17-13-;10-7-. The van der Waals surface area contributed by atoms with Gasteiger partial charge in [0.2, 0.25) is 5.95 Å². The fourth-order valence-corrected chi connectivity index (χ4v) is 9.22. The van der Waals surface area contributed by atoms with Crippen molar-refractivity contribution in [1.29, 1.82) is 0 Å². The number of H-pyrrole nitrogens is 1. The molecule has 18 N–H and O–H groups in total. The average Bonchev–Trinajstić information content (AvgIpc) is 3.93. The van der Waals surface area contributed by atoms with Crippen LogP contribution in [0.5, 0.6) is 0 Å². The molecule has 19 heteroatoms. The molecule has 4 unspecified atom stereocenters. The number of benzene rings is 1. The highest BCUT2D eigenvalue weighted by Crippen LogP contribution is 2.33. The number of nitrogens with two attached hydrogens (primary N) is 7. The largest absolute Gasteiger partial charge is 0.400 e. The van der Waals surface area contributed by atoms with Crippen LogP contribution in [0.2, 0.25) is 0 Å². The molecule has 19 nitrogen and oxygen atoms in total. The van der Waals surface area contributed by atoms with E-state index in [-0.39, 0.29) is 6.04 Å². The van der Waals surface area contributed by atoms with Crippen LogP contribution in [0, 0.1) is 5.92 Å². The predicted molar refractivity (Wildman–Crippen MR) is 283 cm³/mol. The fraction of sp³-hybridized carbons (Fsp3) is 0.510. The lowest BCUT2D eigenvalue weighted by Crippen LogP contribution is -2.44. The SMILES string of the molecule is CCN(N)/C=C(\N)CNC(C)C(C)NC.CN(C/C(N)=C(\CC1CCN(c2ncc[nH]2)CC1)NN)C1CCCc2cccnc21.N/C(=C\N(N)Cc1ccccc1)CN(N)C1CCCc2cccnc21. The van der Waals surface area contributed by atoms with Crippen molar-refractivity contribution in [2.45, 2.75) is 109 Å². The van der Waals surface area contributed by atoms with Crippen LogP contribution in [0.15, 0.2) is 115 Å². The van der Waals surface area contributed by atoms with Gasteiger partial charge in [0.05, 0.1) is 36.6 Å². The highest BCUT2D eigenvalue weighted by Gasteiger charge is 2.28. The summed E-state index contributed by atoms with van der Waals surface area (Å²) in [6, 6.07) is 19.6. The van der Waals surface area contributed by atoms with Crippen LogP contribution in [0.25, 0.3) is 0 Å². The van der Waals surface area contributed by atoms with Crippen LogP contribution in [-0.4, -0.2) is 105 Å². The maximum Gasteiger partial charge on any atom is 0.202 e. The van der Waals surface area contributed by atoms with Crippen LogP contribution >= 0.6 is 0 Å². The van der Waals surface area contributed by atoms with Gasteiger partial charge in [-0.2, -0.15) is 0 Å². The van der Waals surface area contributed by atoms with Gasteiger partial charge in [-0.3, -0.25) is 26.6 Å². The molecular weight excluding hydrogens is 879 g/mol. The zero-order valence-corrected chi connectivity index (χ0v) is 42.5. The predicted octanol–water partition coefficient (Wildman–Crippen LogP) is 3.43. The van der Waals surface area contributed by atoms with E-state index in [4.69, 9.17) is 40.6 Å². The summed E-state index contributed by atoms with van der Waals surface area (Å²) in [5, 5.41) is 11.4. The van der Waals surface area contributed by atoms with E-state index >= 15 is 0 Å². The van der Waals surface area contributed by atoms with Gasteiger partial charge in [0, 0.05) is 105 Å². The molecule has 4 aromatic rings. The summed E-state index contributed by atoms with van der Waals surface area (Å²) in [6.07, 6.45) is 20.6. The third-order valence-corrected chi connectivity index (χ3v) is 13.6. The van der Waals surface area contributed by atoms with Crippen LogP contribution in [0.1, 0.15) is 106 Å². The molecule has 1 fully saturated rings. The summed E-state index contributed by atoms with van der Waals surface area (Å²) >= 11 is 0. The van der Waals surface area contributed by atoms with E-state index in [1.165, 1.54) is 23.2 Å². The van der Waals surface area contributed by atoms with Crippen molar-refractivity contribution in [3.05, 3.63) is 143 Å². The lowest BCUT2D eigenvalue weighted by molar-refractivity contribution is 0.191. The minimum atomic E-state index is 0.0947. The van der Waals surface area contributed by atoms with Crippen molar-refractivity contribution in [1.82, 2.24) is 55.9 Å². The summed E-state index contributed by atoms with van der Waals surface area (Å²) in [5.41, 5.74) is 30.6. The second kappa shape index (κ2) is 28.8. The first-order chi connectivity index (χ1) is 33.8. The number of nitrogens with zero attached hydrogens (tertiary/aromatic N) is 8. The lowest BCUT2D eigenvalue weighted by Gasteiger charge is -2.34. The Morgan fingerprint density at radius 2 is 1.41 bits per heavy atom. The number of hydrazine groups is 4. The third-order valence-electron chi connectivity index (χ3n) is 13.6. The number of hydrogen-bond donors (Lipinski definition) is 11. The van der Waals surface area contributed by atoms with E-state index in [0.29, 0.717) is 55.9 Å². The monoisotopic (exact) mass is 964 g/mol. The molecule has 0 spiro atoms. The molecule has 3 aliphatic rings. The Morgan fingerprint density at radius 3 is 2.01 bits per heavy atom. The number of hydrogen-bond acceptors (Lipinski definition) is 18. The maximum absolute atomic E-state index is 6.53. The number of allylic oxidation sites excluding steroid dienone is 1. The molecule has 2 aliphatic carbocycles. The molecule has 4 atom stereocenters. The Morgan fingerprint density at radius 1 is 0.786 bits per heavy atom. The van der Waals surface area contributed by atoms with Gasteiger partial charge in [0.15, 0.2) is 0 Å². The first-order valence-electron chi connectivity index (χ1n) is 25.0. The van der Waals surface area contributed by atoms with Gasteiger partial charge in [-0.25, -0.2) is 21.7 Å². The summed E-state index contributed by atoms with van der Waals surface area (Å²) in [4.78, 5) is 21.4. The molecule has 0 bridgehead atoms. The molecule has 384 valence electrons. The zero-order valence-electron chi connectivity index (χ0n) is 42.5. The summed E-state index contributed by atoms with van der Waals surface area (Å²) < 4.78 is 0. The molecule has 70 heavy (non-hydrogen) atoms. The van der Waals surface area contributed by atoms with E-state index in [9.17, 15) is 0 Å². The minimum Gasteiger partial charge on any atom is -0.400 e. The number of fused-ring (bicyclic) bond motifs is 2. The second-order valence-electron chi connectivity index (χ2n) is 18.8. The van der Waals surface area contributed by atoms with E-state index in [1.54, 1.807) is 33.6 Å². The van der Waals surface area contributed by atoms with Crippen molar-refractivity contribution in [2.24, 2.45) is 46.5 Å². The Bertz CT molecular complexity index is 2190. The Balaban J connectivity index is 0.000000207. The van der Waals surface area contributed by atoms with Crippen molar-refractivity contribution in [3.8, 4) is 0 Å². The molecule has 7 rings (SSSR count). The number of aromatic amines is 1. The van der Waals surface area contributed by atoms with Gasteiger partial charge in [0.25, 0.3) is 0 Å². The molecule has 0 saturated carbocycles. The molecular formula is C51H85N19. The fourth-order valence-electron chi connectivity index (χ4n) is 9.22. The highest BCUT2D eigenvalue weighted by atomic mass is 15.4. The summed E-state index contributed by atoms with van der Waals surface area (Å²) in [7, 11) is 4.08. The number of nitrogens with one attached hydrogen (secondary N) is 4. The quantitative estimate of drug-likeness (QED) is 0.0447. The molecule has 1 aliphatic heterocycles. The molecule has 3 aromatic heterocycles. The molecule has 1 aromatic carbocycles. The number of aromatic nitrogens is 4. The Kier molecular flexibility index (Phi) is 22.7. The van der Waals surface area contributed by atoms with Crippen molar-refractivity contribution in [2.75, 3.05) is 58.3 Å². The molecule has 0 amide bonds. The van der Waals surface area contributed by atoms with Crippen molar-refractivity contribution in [3.63, 3.8) is 0 Å². The van der Waals surface area contributed by atoms with Crippen molar-refractivity contribution >= 4 is 5.95 Å². The van der Waals surface area contributed by atoms with Crippen LogP contribution in [0.4, 0.5) is 5.95 Å². The summed E-state index contributed by atoms with van der Waals surface area (Å²) in [5.74, 6) is 25.4. The molecule has 4 heterocycles. The number of rotatable bonds is 20. The number of likely N-dealkylation sites (N-methyl/N-ethyl adjacent to an activating group) is 2. The summed E-state index contributed by atoms with van der Waals surface area (Å²) in [6.45, 7) is 11.4. The zero-order chi connectivity index (χ0) is 50.4. The van der Waals surface area contributed by atoms with Gasteiger partial charge in [-0.1, -0.05) is 42.5 Å². The topological polar surface area (TPSA) is 289 Å². The van der Waals surface area contributed by atoms with E-state index < -0.39 is 0 Å². The number of imidazole rings is 1. The van der Waals surface area contributed by atoms with Gasteiger partial charge >= 0.3 is 0 Å². The van der Waals surface area contributed by atoms with Gasteiger partial charge in [0.1, 0.15) is 0 Å². The smallest absolute Gasteiger partial charge is 0.202 e. The number of pyridine rings is 2. The van der Waals surface area contributed by atoms with Crippen LogP contribution in [-0.2, 0) is 19.4 Å². The van der Waals surface area contributed by atoms with Gasteiger partial charge in [-0.05, 0) is 127 Å².